The van der Waals surface area contributed by atoms with Crippen LogP contribution in [0.15, 0.2) is 22.7 Å². The van der Waals surface area contributed by atoms with Crippen molar-refractivity contribution < 1.29 is 14.5 Å². The van der Waals surface area contributed by atoms with E-state index in [1.165, 1.54) is 6.07 Å². The van der Waals surface area contributed by atoms with Gasteiger partial charge in [-0.05, 0) is 27.6 Å². The summed E-state index contributed by atoms with van der Waals surface area (Å²) in [6.45, 7) is 4.14. The first-order chi connectivity index (χ1) is 8.81. The number of rotatable bonds is 2. The second-order valence-corrected chi connectivity index (χ2v) is 5.96. The molecule has 1 fully saturated rings. The lowest BCUT2D eigenvalue weighted by Crippen LogP contribution is -2.46. The lowest BCUT2D eigenvalue weighted by atomic mass is 9.80. The molecule has 2 rings (SSSR count). The number of hydrogen-bond acceptors (Lipinski definition) is 4. The summed E-state index contributed by atoms with van der Waals surface area (Å²) < 4.78 is 5.37. The van der Waals surface area contributed by atoms with Gasteiger partial charge in [0.2, 0.25) is 0 Å². The number of benzene rings is 1. The molecule has 1 aromatic carbocycles. The fourth-order valence-electron chi connectivity index (χ4n) is 2.07. The zero-order chi connectivity index (χ0) is 14.2. The molecule has 6 nitrogen and oxygen atoms in total. The molecule has 0 spiro atoms. The van der Waals surface area contributed by atoms with Gasteiger partial charge in [-0.15, -0.1) is 0 Å². The Kier molecular flexibility index (Phi) is 3.49. The molecule has 19 heavy (non-hydrogen) atoms. The summed E-state index contributed by atoms with van der Waals surface area (Å²) in [5, 5.41) is 13.7. The SMILES string of the molecule is CC1(C)COC(=O)N[C@@H]1c1ccc(Br)c([N+](=O)[O-])c1. The summed E-state index contributed by atoms with van der Waals surface area (Å²) in [7, 11) is 0. The van der Waals surface area contributed by atoms with Gasteiger partial charge in [-0.1, -0.05) is 19.9 Å². The Morgan fingerprint density at radius 3 is 2.84 bits per heavy atom. The number of nitrogens with one attached hydrogen (secondary N) is 1. The zero-order valence-electron chi connectivity index (χ0n) is 10.5. The Morgan fingerprint density at radius 1 is 1.53 bits per heavy atom. The largest absolute Gasteiger partial charge is 0.449 e. The van der Waals surface area contributed by atoms with Gasteiger partial charge < -0.3 is 10.1 Å². The highest BCUT2D eigenvalue weighted by atomic mass is 79.9. The van der Waals surface area contributed by atoms with E-state index in [1.54, 1.807) is 12.1 Å². The molecule has 0 bridgehead atoms. The van der Waals surface area contributed by atoms with E-state index in [-0.39, 0.29) is 23.8 Å². The maximum absolute atomic E-state index is 11.3. The summed E-state index contributed by atoms with van der Waals surface area (Å²) in [6.07, 6.45) is -0.505. The molecule has 1 amide bonds. The van der Waals surface area contributed by atoms with Gasteiger partial charge in [-0.25, -0.2) is 4.79 Å². The number of amides is 1. The van der Waals surface area contributed by atoms with Gasteiger partial charge in [0.15, 0.2) is 0 Å². The quantitative estimate of drug-likeness (QED) is 0.667. The van der Waals surface area contributed by atoms with Crippen LogP contribution in [-0.4, -0.2) is 17.6 Å². The molecule has 7 heteroatoms. The number of nitro benzene ring substituents is 1. The van der Waals surface area contributed by atoms with Crippen LogP contribution in [0.3, 0.4) is 0 Å². The van der Waals surface area contributed by atoms with E-state index >= 15 is 0 Å². The maximum atomic E-state index is 11.3. The maximum Gasteiger partial charge on any atom is 0.407 e. The normalized spacial score (nSPS) is 21.4. The minimum Gasteiger partial charge on any atom is -0.449 e. The van der Waals surface area contributed by atoms with E-state index in [1.807, 2.05) is 13.8 Å². The summed E-state index contributed by atoms with van der Waals surface area (Å²) >= 11 is 3.14. The van der Waals surface area contributed by atoms with Crippen LogP contribution >= 0.6 is 15.9 Å². The van der Waals surface area contributed by atoms with Crippen molar-refractivity contribution in [3.05, 3.63) is 38.3 Å². The summed E-state index contributed by atoms with van der Waals surface area (Å²) in [5.41, 5.74) is 0.334. The van der Waals surface area contributed by atoms with Gasteiger partial charge in [0.25, 0.3) is 5.69 Å². The van der Waals surface area contributed by atoms with Gasteiger partial charge in [0.05, 0.1) is 15.4 Å². The third kappa shape index (κ3) is 2.70. The number of carbonyl (C=O) groups is 1. The average molecular weight is 329 g/mol. The Bertz CT molecular complexity index is 545. The lowest BCUT2D eigenvalue weighted by molar-refractivity contribution is -0.385. The molecule has 1 aliphatic rings. The van der Waals surface area contributed by atoms with Gasteiger partial charge in [0, 0.05) is 11.5 Å². The lowest BCUT2D eigenvalue weighted by Gasteiger charge is -2.38. The van der Waals surface area contributed by atoms with Crippen molar-refractivity contribution in [1.29, 1.82) is 0 Å². The molecule has 1 aromatic rings. The van der Waals surface area contributed by atoms with Crippen molar-refractivity contribution >= 4 is 27.7 Å². The number of ether oxygens (including phenoxy) is 1. The summed E-state index contributed by atoms with van der Waals surface area (Å²) in [6, 6.07) is 4.53. The third-order valence-electron chi connectivity index (χ3n) is 3.12. The topological polar surface area (TPSA) is 81.5 Å². The Balaban J connectivity index is 2.42. The first kappa shape index (κ1) is 13.8. The third-order valence-corrected chi connectivity index (χ3v) is 3.79. The number of nitro groups is 1. The Labute approximate surface area is 118 Å². The smallest absolute Gasteiger partial charge is 0.407 e. The fraction of sp³-hybridized carbons (Fsp3) is 0.417. The van der Waals surface area contributed by atoms with Crippen LogP contribution in [-0.2, 0) is 4.74 Å². The second-order valence-electron chi connectivity index (χ2n) is 5.11. The second kappa shape index (κ2) is 4.80. The molecular formula is C12H13BrN2O4. The minimum absolute atomic E-state index is 0.0194. The highest BCUT2D eigenvalue weighted by Gasteiger charge is 2.38. The zero-order valence-corrected chi connectivity index (χ0v) is 12.1. The number of carbonyl (C=O) groups excluding carboxylic acids is 1. The molecule has 0 unspecified atom stereocenters. The number of nitrogens with zero attached hydrogens (tertiary/aromatic N) is 1. The van der Waals surface area contributed by atoms with Gasteiger partial charge in [0.1, 0.15) is 6.61 Å². The van der Waals surface area contributed by atoms with Crippen molar-refractivity contribution in [3.8, 4) is 0 Å². The van der Waals surface area contributed by atoms with E-state index in [0.717, 1.165) is 0 Å². The number of alkyl carbamates (subject to hydrolysis) is 1. The molecule has 1 heterocycles. The fourth-order valence-corrected chi connectivity index (χ4v) is 2.46. The van der Waals surface area contributed by atoms with Crippen molar-refractivity contribution in [3.63, 3.8) is 0 Å². The number of halogens is 1. The van der Waals surface area contributed by atoms with E-state index < -0.39 is 11.0 Å². The molecule has 1 N–H and O–H groups in total. The molecule has 102 valence electrons. The number of hydrogen-bond donors (Lipinski definition) is 1. The van der Waals surface area contributed by atoms with E-state index in [2.05, 4.69) is 21.2 Å². The predicted molar refractivity (Wildman–Crippen MR) is 71.8 cm³/mol. The van der Waals surface area contributed by atoms with Crippen molar-refractivity contribution in [2.24, 2.45) is 5.41 Å². The highest BCUT2D eigenvalue weighted by Crippen LogP contribution is 2.38. The molecule has 0 saturated carbocycles. The van der Waals surface area contributed by atoms with Crippen LogP contribution < -0.4 is 5.32 Å². The Morgan fingerprint density at radius 2 is 2.21 bits per heavy atom. The van der Waals surface area contributed by atoms with Gasteiger partial charge in [-0.3, -0.25) is 10.1 Å². The molecule has 1 saturated heterocycles. The van der Waals surface area contributed by atoms with Crippen molar-refractivity contribution in [1.82, 2.24) is 5.32 Å². The molecule has 0 radical (unpaired) electrons. The standard InChI is InChI=1S/C12H13BrN2O4/c1-12(2)6-19-11(16)14-10(12)7-3-4-8(13)9(5-7)15(17)18/h3-5,10H,6H2,1-2H3,(H,14,16)/t10-/m1/s1. The van der Waals surface area contributed by atoms with Gasteiger partial charge >= 0.3 is 6.09 Å². The average Bonchev–Trinajstić information content (AvgIpc) is 2.33. The molecule has 1 atom stereocenters. The number of cyclic esters (lactones) is 1. The van der Waals surface area contributed by atoms with E-state index in [4.69, 9.17) is 4.74 Å². The van der Waals surface area contributed by atoms with E-state index in [9.17, 15) is 14.9 Å². The van der Waals surface area contributed by atoms with E-state index in [0.29, 0.717) is 10.0 Å². The summed E-state index contributed by atoms with van der Waals surface area (Å²) in [4.78, 5) is 21.8. The van der Waals surface area contributed by atoms with Crippen LogP contribution in [0.25, 0.3) is 0 Å². The van der Waals surface area contributed by atoms with Crippen molar-refractivity contribution in [2.75, 3.05) is 6.61 Å². The first-order valence-electron chi connectivity index (χ1n) is 5.68. The van der Waals surface area contributed by atoms with Crippen LogP contribution in [0.4, 0.5) is 10.5 Å². The summed E-state index contributed by atoms with van der Waals surface area (Å²) in [5.74, 6) is 0. The minimum atomic E-state index is -0.505. The van der Waals surface area contributed by atoms with Crippen LogP contribution in [0, 0.1) is 15.5 Å². The van der Waals surface area contributed by atoms with Crippen LogP contribution in [0.2, 0.25) is 0 Å². The molecular weight excluding hydrogens is 316 g/mol. The van der Waals surface area contributed by atoms with Crippen molar-refractivity contribution in [2.45, 2.75) is 19.9 Å². The van der Waals surface area contributed by atoms with Crippen LogP contribution in [0.5, 0.6) is 0 Å². The first-order valence-corrected chi connectivity index (χ1v) is 6.48. The molecule has 0 aliphatic carbocycles. The van der Waals surface area contributed by atoms with Gasteiger partial charge in [-0.2, -0.15) is 0 Å². The Hall–Kier alpha value is -1.63. The predicted octanol–water partition coefficient (Wildman–Crippen LogP) is 3.16. The molecule has 1 aliphatic heterocycles. The highest BCUT2D eigenvalue weighted by molar-refractivity contribution is 9.10. The molecule has 0 aromatic heterocycles. The van der Waals surface area contributed by atoms with Crippen LogP contribution in [0.1, 0.15) is 25.5 Å². The monoisotopic (exact) mass is 328 g/mol.